The number of alkyl halides is 3. The predicted molar refractivity (Wildman–Crippen MR) is 270 cm³/mol. The normalized spacial score (nSPS) is 24.0. The summed E-state index contributed by atoms with van der Waals surface area (Å²) in [6, 6.07) is 5.11. The molecule has 2 aliphatic carbocycles. The van der Waals surface area contributed by atoms with Gasteiger partial charge in [-0.15, -0.1) is 0 Å². The average molecular weight is 1050 g/mol. The van der Waals surface area contributed by atoms with E-state index < -0.39 is 29.7 Å². The van der Waals surface area contributed by atoms with Gasteiger partial charge in [0.15, 0.2) is 0 Å². The second kappa shape index (κ2) is 26.3. The predicted octanol–water partition coefficient (Wildman–Crippen LogP) is 3.14. The lowest BCUT2D eigenvalue weighted by molar-refractivity contribution is -0.137. The number of ether oxygens (including phenoxy) is 1. The first kappa shape index (κ1) is 56.2. The Kier molecular flexibility index (Phi) is 19.7. The molecule has 2 aliphatic heterocycles. The molecule has 1 aromatic carbocycles. The van der Waals surface area contributed by atoms with Crippen LogP contribution in [0.25, 0.3) is 10.9 Å². The lowest BCUT2D eigenvalue weighted by Gasteiger charge is -2.42. The Morgan fingerprint density at radius 3 is 2.27 bits per heavy atom. The number of benzene rings is 1. The molecule has 75 heavy (non-hydrogen) atoms. The quantitative estimate of drug-likeness (QED) is 0.0675. The number of hydrogen-bond donors (Lipinski definition) is 7. The summed E-state index contributed by atoms with van der Waals surface area (Å²) >= 11 is 0. The van der Waals surface area contributed by atoms with Crippen LogP contribution in [-0.4, -0.2) is 149 Å². The van der Waals surface area contributed by atoms with Gasteiger partial charge in [0.05, 0.1) is 48.3 Å². The summed E-state index contributed by atoms with van der Waals surface area (Å²) in [5.74, 6) is -1.84. The third-order valence-electron chi connectivity index (χ3n) is 14.6. The summed E-state index contributed by atoms with van der Waals surface area (Å²) in [7, 11) is 1.65. The maximum atomic E-state index is 14.0. The number of fused-ring (bicyclic) bond motifs is 1. The van der Waals surface area contributed by atoms with E-state index in [1.807, 2.05) is 6.07 Å². The molecule has 408 valence electrons. The van der Waals surface area contributed by atoms with Crippen molar-refractivity contribution in [1.82, 2.24) is 56.7 Å². The number of aromatic nitrogens is 3. The molecule has 0 radical (unpaired) electrons. The maximum absolute atomic E-state index is 14.0. The number of hydrogen-bond acceptors (Lipinski definition) is 13. The lowest BCUT2D eigenvalue weighted by Crippen LogP contribution is -2.59. The van der Waals surface area contributed by atoms with Gasteiger partial charge in [0.25, 0.3) is 0 Å². The van der Waals surface area contributed by atoms with Crippen LogP contribution in [-0.2, 0) is 44.5 Å². The van der Waals surface area contributed by atoms with Gasteiger partial charge >= 0.3 is 6.18 Å². The van der Waals surface area contributed by atoms with Crippen LogP contribution in [0.15, 0.2) is 49.1 Å². The highest BCUT2D eigenvalue weighted by atomic mass is 19.4. The first-order chi connectivity index (χ1) is 35.9. The molecule has 7 amide bonds. The minimum atomic E-state index is -4.56. The number of likely N-dealkylation sites (tertiary alicyclic amines) is 2. The second-order valence-electron chi connectivity index (χ2n) is 20.5. The van der Waals surface area contributed by atoms with Crippen molar-refractivity contribution >= 4 is 58.1 Å². The third kappa shape index (κ3) is 15.5. The Morgan fingerprint density at radius 2 is 1.55 bits per heavy atom. The van der Waals surface area contributed by atoms with Crippen LogP contribution in [0.4, 0.5) is 19.0 Å². The molecule has 7 rings (SSSR count). The Morgan fingerprint density at radius 1 is 0.813 bits per heavy atom. The van der Waals surface area contributed by atoms with Gasteiger partial charge in [-0.05, 0) is 93.7 Å². The largest absolute Gasteiger partial charge is 0.416 e. The summed E-state index contributed by atoms with van der Waals surface area (Å²) in [5.41, 5.74) is 0.242. The molecule has 4 fully saturated rings. The number of nitrogens with zero attached hydrogens (tertiary/aromatic N) is 5. The molecule has 3 aromatic rings. The van der Waals surface area contributed by atoms with Crippen molar-refractivity contribution in [2.45, 2.75) is 133 Å². The van der Waals surface area contributed by atoms with Crippen molar-refractivity contribution < 1.29 is 51.5 Å². The maximum Gasteiger partial charge on any atom is 0.416 e. The van der Waals surface area contributed by atoms with Gasteiger partial charge in [0.1, 0.15) is 18.2 Å². The molecule has 2 saturated carbocycles. The topological polar surface area (TPSA) is 258 Å². The van der Waals surface area contributed by atoms with Gasteiger partial charge in [-0.2, -0.15) is 13.2 Å². The highest BCUT2D eigenvalue weighted by molar-refractivity contribution is 5.94. The fraction of sp³-hybridized carbons (Fsp3) is 0.615. The lowest BCUT2D eigenvalue weighted by atomic mass is 9.83. The summed E-state index contributed by atoms with van der Waals surface area (Å²) in [4.78, 5) is 107. The summed E-state index contributed by atoms with van der Waals surface area (Å²) in [5, 5.41) is 21.4. The molecular formula is C52H71F3N12O8. The van der Waals surface area contributed by atoms with E-state index in [9.17, 15) is 46.7 Å². The molecule has 2 saturated heterocycles. The Bertz CT molecular complexity index is 2480. The van der Waals surface area contributed by atoms with E-state index in [2.05, 4.69) is 66.0 Å². The third-order valence-corrected chi connectivity index (χ3v) is 14.6. The van der Waals surface area contributed by atoms with Gasteiger partial charge in [0.2, 0.25) is 41.4 Å². The number of nitrogens with one attached hydrogen (secondary N) is 7. The standard InChI is InChI=1S/C52H71F3N12O8/c1-31(2)28-60-36-11-13-42(67-22-16-40(51(67)74)64-48-37-25-34(52(53,54)55)8-12-39(37)61-30-62-48)41(26-36)65-49(72)32-6-9-35(10-7-32)63-45(70)17-23-75-24-21-58-44(69)14-19-57-43(68)15-20-59-50(73)38-27-46(71)66(3)47(38)33-5-4-18-56-29-33/h4-5,8,12,18,25,29-32,35-36,38,40-42,47,60H,6-7,9-11,13-17,19-24,26-28H2,1-3H3,(H,57,68)(H,58,69)(H,59,73)(H,63,70)(H,65,72)(H,61,62,64)/t32?,35?,36-,38+,40+,41-,42+,47-/m1/s1. The van der Waals surface area contributed by atoms with E-state index in [-0.39, 0.29) is 141 Å². The van der Waals surface area contributed by atoms with Crippen LogP contribution in [0.5, 0.6) is 0 Å². The van der Waals surface area contributed by atoms with Crippen LogP contribution in [0, 0.1) is 17.8 Å². The number of amides is 7. The van der Waals surface area contributed by atoms with Crippen LogP contribution < -0.4 is 37.2 Å². The molecule has 0 unspecified atom stereocenters. The first-order valence-electron chi connectivity index (χ1n) is 26.2. The minimum Gasteiger partial charge on any atom is -0.379 e. The SMILES string of the molecule is CC(C)CN[C@@H]1CC[C@H](N2CC[C@H](Nc3ncnc4ccc(C(F)(F)F)cc34)C2=O)[C@H](NC(=O)C2CCC(NC(=O)CCOCCNC(=O)CCNC(=O)CCNC(=O)[C@H]3CC(=O)N(C)[C@@H]3c3cccnc3)CC2)C1. The van der Waals surface area contributed by atoms with Crippen molar-refractivity contribution in [3.63, 3.8) is 0 Å². The summed E-state index contributed by atoms with van der Waals surface area (Å²) in [6.45, 7) is 6.21. The summed E-state index contributed by atoms with van der Waals surface area (Å²) < 4.78 is 46.3. The Labute approximate surface area is 434 Å². The zero-order chi connectivity index (χ0) is 53.6. The molecule has 23 heteroatoms. The van der Waals surface area contributed by atoms with Crippen molar-refractivity contribution in [1.29, 1.82) is 0 Å². The van der Waals surface area contributed by atoms with Crippen molar-refractivity contribution in [3.05, 3.63) is 60.2 Å². The van der Waals surface area contributed by atoms with E-state index >= 15 is 0 Å². The molecule has 6 atom stereocenters. The molecule has 2 aromatic heterocycles. The van der Waals surface area contributed by atoms with Crippen molar-refractivity contribution in [2.24, 2.45) is 17.8 Å². The number of halogens is 3. The van der Waals surface area contributed by atoms with E-state index in [1.165, 1.54) is 17.3 Å². The van der Waals surface area contributed by atoms with Crippen LogP contribution in [0.3, 0.4) is 0 Å². The Balaban J connectivity index is 0.763. The van der Waals surface area contributed by atoms with Crippen molar-refractivity contribution in [3.8, 4) is 0 Å². The molecule has 4 heterocycles. The fourth-order valence-electron chi connectivity index (χ4n) is 10.6. The Hall–Kier alpha value is -6.49. The molecule has 4 aliphatic rings. The van der Waals surface area contributed by atoms with Crippen LogP contribution in [0.2, 0.25) is 0 Å². The van der Waals surface area contributed by atoms with Gasteiger partial charge in [-0.1, -0.05) is 19.9 Å². The number of carbonyl (C=O) groups is 7. The zero-order valence-electron chi connectivity index (χ0n) is 42.9. The second-order valence-corrected chi connectivity index (χ2v) is 20.5. The molecular weight excluding hydrogens is 978 g/mol. The highest BCUT2D eigenvalue weighted by Crippen LogP contribution is 2.37. The number of anilines is 1. The fourth-order valence-corrected chi connectivity index (χ4v) is 10.6. The summed E-state index contributed by atoms with van der Waals surface area (Å²) in [6.07, 6.45) is 5.09. The van der Waals surface area contributed by atoms with Crippen LogP contribution >= 0.6 is 0 Å². The molecule has 20 nitrogen and oxygen atoms in total. The van der Waals surface area contributed by atoms with Gasteiger partial charge < -0.3 is 51.8 Å². The number of rotatable bonds is 23. The molecule has 0 bridgehead atoms. The van der Waals surface area contributed by atoms with Crippen LogP contribution in [0.1, 0.15) is 108 Å². The minimum absolute atomic E-state index is 0.00439. The zero-order valence-corrected chi connectivity index (χ0v) is 42.9. The number of pyridine rings is 1. The van der Waals surface area contributed by atoms with Gasteiger partial charge in [0, 0.05) is 94.7 Å². The van der Waals surface area contributed by atoms with Crippen molar-refractivity contribution in [2.75, 3.05) is 58.3 Å². The van der Waals surface area contributed by atoms with E-state index in [1.54, 1.807) is 30.4 Å². The number of carbonyl (C=O) groups excluding carboxylic acids is 7. The molecule has 0 spiro atoms. The smallest absolute Gasteiger partial charge is 0.379 e. The van der Waals surface area contributed by atoms with Gasteiger partial charge in [-0.3, -0.25) is 38.5 Å². The average Bonchev–Trinajstić information content (AvgIpc) is 3.90. The molecule has 7 N–H and O–H groups in total. The van der Waals surface area contributed by atoms with Gasteiger partial charge in [-0.25, -0.2) is 9.97 Å². The van der Waals surface area contributed by atoms with E-state index in [0.717, 1.165) is 30.7 Å². The van der Waals surface area contributed by atoms with E-state index in [4.69, 9.17) is 4.74 Å². The highest BCUT2D eigenvalue weighted by Gasteiger charge is 2.45. The monoisotopic (exact) mass is 1050 g/mol. The van der Waals surface area contributed by atoms with E-state index in [0.29, 0.717) is 62.9 Å². The first-order valence-corrected chi connectivity index (χ1v) is 26.2.